The minimum Gasteiger partial charge on any atom is -0.293 e. The number of carbonyl (C=O) groups excluding carboxylic acids is 2. The Bertz CT molecular complexity index is 573. The number of Topliss-reactive ketones (excluding diaryl/α,β-unsaturated/α-hetero) is 2. The lowest BCUT2D eigenvalue weighted by atomic mass is 10.0. The summed E-state index contributed by atoms with van der Waals surface area (Å²) < 4.78 is 1.01. The second-order valence-electron chi connectivity index (χ2n) is 4.68. The number of benzene rings is 2. The molecule has 0 aliphatic rings. The highest BCUT2D eigenvalue weighted by molar-refractivity contribution is 14.1. The van der Waals surface area contributed by atoms with Crippen LogP contribution >= 0.6 is 45.2 Å². The molecule has 0 fully saturated rings. The molecule has 0 amide bonds. The summed E-state index contributed by atoms with van der Waals surface area (Å²) in [6.45, 7) is 0. The Morgan fingerprint density at radius 3 is 1.29 bits per heavy atom. The Balaban J connectivity index is 2.08. The third-order valence-electron chi connectivity index (χ3n) is 3.20. The van der Waals surface area contributed by atoms with Gasteiger partial charge < -0.3 is 0 Å². The summed E-state index contributed by atoms with van der Waals surface area (Å²) in [5.74, 6) is 0.313. The van der Waals surface area contributed by atoms with Crippen LogP contribution in [0.5, 0.6) is 0 Å². The highest BCUT2D eigenvalue weighted by Crippen LogP contribution is 2.13. The molecule has 0 unspecified atom stereocenters. The van der Waals surface area contributed by atoms with Crippen LogP contribution in [0.1, 0.15) is 31.8 Å². The average molecular weight is 504 g/mol. The first-order valence-electron chi connectivity index (χ1n) is 6.50. The lowest BCUT2D eigenvalue weighted by Crippen LogP contribution is -2.01. The Labute approximate surface area is 151 Å². The Kier molecular flexibility index (Phi) is 6.35. The van der Waals surface area contributed by atoms with Crippen molar-refractivity contribution in [3.63, 3.8) is 0 Å². The van der Waals surface area contributed by atoms with E-state index in [1.54, 1.807) is 0 Å². The highest BCUT2D eigenvalue weighted by atomic mass is 127. The first kappa shape index (κ1) is 16.6. The molecule has 0 saturated carbocycles. The highest BCUT2D eigenvalue weighted by Gasteiger charge is 2.05. The van der Waals surface area contributed by atoms with Crippen LogP contribution in [-0.2, 0) is 6.42 Å². The second kappa shape index (κ2) is 8.03. The molecule has 21 heavy (non-hydrogen) atoms. The third-order valence-corrected chi connectivity index (χ3v) is 4.59. The van der Waals surface area contributed by atoms with Crippen molar-refractivity contribution in [1.82, 2.24) is 0 Å². The van der Waals surface area contributed by atoms with Gasteiger partial charge in [0.1, 0.15) is 0 Å². The molecule has 0 heterocycles. The molecule has 0 bridgehead atoms. The van der Waals surface area contributed by atoms with E-state index < -0.39 is 0 Å². The second-order valence-corrected chi connectivity index (χ2v) is 6.21. The summed E-state index contributed by atoms with van der Waals surface area (Å²) in [7, 11) is 0. The van der Waals surface area contributed by atoms with E-state index in [9.17, 15) is 9.59 Å². The zero-order valence-corrected chi connectivity index (χ0v) is 15.6. The van der Waals surface area contributed by atoms with E-state index in [0.717, 1.165) is 28.7 Å². The standard InChI is InChI=1S/C17H14I2O2/c18-10-16(20)14-5-1-12(2-6-14)9-13-3-7-15(8-4-13)17(21)11-19/h1-8H,9-11H2. The van der Waals surface area contributed by atoms with E-state index >= 15 is 0 Å². The molecule has 108 valence electrons. The molecule has 0 spiro atoms. The molecule has 2 aromatic rings. The van der Waals surface area contributed by atoms with Crippen molar-refractivity contribution >= 4 is 56.7 Å². The van der Waals surface area contributed by atoms with Crippen LogP contribution in [-0.4, -0.2) is 20.4 Å². The summed E-state index contributed by atoms with van der Waals surface area (Å²) >= 11 is 4.16. The van der Waals surface area contributed by atoms with Gasteiger partial charge in [0, 0.05) is 11.1 Å². The molecule has 0 aromatic heterocycles. The lowest BCUT2D eigenvalue weighted by molar-refractivity contribution is 0.101. The van der Waals surface area contributed by atoms with Gasteiger partial charge in [-0.3, -0.25) is 9.59 Å². The van der Waals surface area contributed by atoms with Gasteiger partial charge in [-0.25, -0.2) is 0 Å². The minimum atomic E-state index is 0.156. The zero-order valence-electron chi connectivity index (χ0n) is 11.3. The maximum atomic E-state index is 11.6. The molecule has 0 aliphatic carbocycles. The molecular formula is C17H14I2O2. The largest absolute Gasteiger partial charge is 0.293 e. The van der Waals surface area contributed by atoms with Crippen molar-refractivity contribution in [2.45, 2.75) is 6.42 Å². The smallest absolute Gasteiger partial charge is 0.172 e. The van der Waals surface area contributed by atoms with Gasteiger partial charge in [-0.2, -0.15) is 0 Å². The third kappa shape index (κ3) is 4.60. The van der Waals surface area contributed by atoms with E-state index in [1.165, 1.54) is 0 Å². The van der Waals surface area contributed by atoms with Crippen LogP contribution in [0.4, 0.5) is 0 Å². The summed E-state index contributed by atoms with van der Waals surface area (Å²) in [6, 6.07) is 15.5. The van der Waals surface area contributed by atoms with Crippen molar-refractivity contribution in [3.8, 4) is 0 Å². The molecule has 0 saturated heterocycles. The van der Waals surface area contributed by atoms with Crippen LogP contribution in [0, 0.1) is 0 Å². The van der Waals surface area contributed by atoms with Crippen molar-refractivity contribution in [1.29, 1.82) is 0 Å². The van der Waals surface area contributed by atoms with E-state index in [1.807, 2.05) is 48.5 Å². The van der Waals surface area contributed by atoms with Crippen LogP contribution in [0.2, 0.25) is 0 Å². The van der Waals surface area contributed by atoms with Gasteiger partial charge in [0.05, 0.1) is 8.86 Å². The lowest BCUT2D eigenvalue weighted by Gasteiger charge is -2.05. The topological polar surface area (TPSA) is 34.1 Å². The number of rotatable bonds is 6. The van der Waals surface area contributed by atoms with Gasteiger partial charge in [0.15, 0.2) is 11.6 Å². The van der Waals surface area contributed by atoms with Crippen molar-refractivity contribution in [2.24, 2.45) is 0 Å². The number of alkyl halides is 2. The number of ketones is 2. The van der Waals surface area contributed by atoms with Crippen LogP contribution in [0.15, 0.2) is 48.5 Å². The van der Waals surface area contributed by atoms with E-state index in [-0.39, 0.29) is 11.6 Å². The monoisotopic (exact) mass is 504 g/mol. The molecule has 0 N–H and O–H groups in total. The quantitative estimate of drug-likeness (QED) is 0.330. The molecule has 0 atom stereocenters. The predicted molar refractivity (Wildman–Crippen MR) is 102 cm³/mol. The van der Waals surface area contributed by atoms with Crippen molar-refractivity contribution in [2.75, 3.05) is 8.86 Å². The molecule has 4 heteroatoms. The van der Waals surface area contributed by atoms with Gasteiger partial charge >= 0.3 is 0 Å². The molecule has 0 radical (unpaired) electrons. The maximum absolute atomic E-state index is 11.6. The first-order chi connectivity index (χ1) is 10.1. The van der Waals surface area contributed by atoms with Crippen LogP contribution < -0.4 is 0 Å². The van der Waals surface area contributed by atoms with Gasteiger partial charge in [-0.1, -0.05) is 93.7 Å². The predicted octanol–water partition coefficient (Wildman–Crippen LogP) is 4.51. The molecule has 2 nitrogen and oxygen atoms in total. The minimum absolute atomic E-state index is 0.156. The van der Waals surface area contributed by atoms with E-state index in [4.69, 9.17) is 0 Å². The summed E-state index contributed by atoms with van der Waals surface area (Å²) in [4.78, 5) is 23.1. The average Bonchev–Trinajstić information content (AvgIpc) is 2.55. The van der Waals surface area contributed by atoms with Crippen molar-refractivity contribution in [3.05, 3.63) is 70.8 Å². The Morgan fingerprint density at radius 2 is 1.00 bits per heavy atom. The SMILES string of the molecule is O=C(CI)c1ccc(Cc2ccc(C(=O)CI)cc2)cc1. The molecule has 0 aliphatic heterocycles. The summed E-state index contributed by atoms with van der Waals surface area (Å²) in [5, 5.41) is 0. The maximum Gasteiger partial charge on any atom is 0.172 e. The van der Waals surface area contributed by atoms with Crippen LogP contribution in [0.25, 0.3) is 0 Å². The molecule has 2 rings (SSSR count). The van der Waals surface area contributed by atoms with Gasteiger partial charge in [0.2, 0.25) is 0 Å². The van der Waals surface area contributed by atoms with Gasteiger partial charge in [0.25, 0.3) is 0 Å². The summed E-state index contributed by atoms with van der Waals surface area (Å²) in [6.07, 6.45) is 0.803. The normalized spacial score (nSPS) is 10.4. The molecular weight excluding hydrogens is 490 g/mol. The molecule has 2 aromatic carbocycles. The number of hydrogen-bond donors (Lipinski definition) is 0. The van der Waals surface area contributed by atoms with E-state index in [0.29, 0.717) is 8.86 Å². The zero-order chi connectivity index (χ0) is 15.2. The van der Waals surface area contributed by atoms with E-state index in [2.05, 4.69) is 45.2 Å². The number of halogens is 2. The number of hydrogen-bond acceptors (Lipinski definition) is 2. The summed E-state index contributed by atoms with van der Waals surface area (Å²) in [5.41, 5.74) is 3.84. The fraction of sp³-hybridized carbons (Fsp3) is 0.176. The number of carbonyl (C=O) groups is 2. The first-order valence-corrected chi connectivity index (χ1v) is 9.55. The van der Waals surface area contributed by atoms with Gasteiger partial charge in [-0.15, -0.1) is 0 Å². The Morgan fingerprint density at radius 1 is 0.667 bits per heavy atom. The van der Waals surface area contributed by atoms with Gasteiger partial charge in [-0.05, 0) is 17.5 Å². The van der Waals surface area contributed by atoms with Crippen molar-refractivity contribution < 1.29 is 9.59 Å². The fourth-order valence-corrected chi connectivity index (χ4v) is 2.89. The Hall–Kier alpha value is -0.760. The van der Waals surface area contributed by atoms with Crippen LogP contribution in [0.3, 0.4) is 0 Å². The fourth-order valence-electron chi connectivity index (χ4n) is 2.01.